The Bertz CT molecular complexity index is 1150. The molecule has 438 valence electrons. The Balaban J connectivity index is 3.39. The molecule has 0 aromatic carbocycles. The third kappa shape index (κ3) is 59.6. The molecule has 0 spiro atoms. The first-order chi connectivity index (χ1) is 36.5. The van der Waals surface area contributed by atoms with Crippen LogP contribution in [0.4, 0.5) is 0 Å². The summed E-state index contributed by atoms with van der Waals surface area (Å²) in [6.45, 7) is 4.93. The van der Waals surface area contributed by atoms with Gasteiger partial charge in [0.25, 0.3) is 0 Å². The maximum Gasteiger partial charge on any atom is 0.305 e. The molecule has 74 heavy (non-hydrogen) atoms. The predicted molar refractivity (Wildman–Crippen MR) is 324 cm³/mol. The molecule has 0 saturated carbocycles. The molecule has 0 saturated heterocycles. The molecular weight excluding hydrogens is 911 g/mol. The van der Waals surface area contributed by atoms with Gasteiger partial charge >= 0.3 is 5.97 Å². The SMILES string of the molecule is CCCCCCCCCCCCCCCC/C=C/C(O)C(CO)NC(=O)CCCCCCCCCCCCCC/C=C\CCCCCCCCCCCCCCOC(=O)CCCCCCCCCCCCCCC. The molecule has 0 radical (unpaired) electrons. The fourth-order valence-electron chi connectivity index (χ4n) is 10.6. The zero-order valence-electron chi connectivity index (χ0n) is 50.1. The van der Waals surface area contributed by atoms with E-state index >= 15 is 0 Å². The molecular formula is C68H131NO5. The summed E-state index contributed by atoms with van der Waals surface area (Å²) in [5, 5.41) is 23.2. The van der Waals surface area contributed by atoms with Gasteiger partial charge < -0.3 is 20.3 Å². The van der Waals surface area contributed by atoms with Gasteiger partial charge in [-0.1, -0.05) is 327 Å². The molecule has 2 unspecified atom stereocenters. The molecule has 0 aliphatic rings. The maximum absolute atomic E-state index is 12.5. The van der Waals surface area contributed by atoms with E-state index in [1.54, 1.807) is 6.08 Å². The van der Waals surface area contributed by atoms with Crippen LogP contribution in [0.1, 0.15) is 373 Å². The third-order valence-electron chi connectivity index (χ3n) is 15.7. The van der Waals surface area contributed by atoms with Crippen LogP contribution in [0.25, 0.3) is 0 Å². The monoisotopic (exact) mass is 1040 g/mol. The summed E-state index contributed by atoms with van der Waals surface area (Å²) in [5.41, 5.74) is 0. The van der Waals surface area contributed by atoms with Crippen molar-refractivity contribution in [3.8, 4) is 0 Å². The van der Waals surface area contributed by atoms with Gasteiger partial charge in [0.15, 0.2) is 0 Å². The van der Waals surface area contributed by atoms with Crippen LogP contribution < -0.4 is 5.32 Å². The summed E-state index contributed by atoms with van der Waals surface area (Å²) < 4.78 is 5.48. The first-order valence-electron chi connectivity index (χ1n) is 33.6. The van der Waals surface area contributed by atoms with Gasteiger partial charge in [-0.05, 0) is 57.8 Å². The van der Waals surface area contributed by atoms with E-state index in [1.807, 2.05) is 6.08 Å². The van der Waals surface area contributed by atoms with Gasteiger partial charge in [-0.15, -0.1) is 0 Å². The lowest BCUT2D eigenvalue weighted by atomic mass is 10.0. The number of carbonyl (C=O) groups is 2. The van der Waals surface area contributed by atoms with Crippen molar-refractivity contribution >= 4 is 11.9 Å². The van der Waals surface area contributed by atoms with Gasteiger partial charge in [-0.3, -0.25) is 9.59 Å². The number of hydrogen-bond donors (Lipinski definition) is 3. The van der Waals surface area contributed by atoms with E-state index in [0.717, 1.165) is 38.5 Å². The number of esters is 1. The Labute approximate surface area is 462 Å². The molecule has 1 amide bonds. The van der Waals surface area contributed by atoms with Crippen molar-refractivity contribution in [3.63, 3.8) is 0 Å². The van der Waals surface area contributed by atoms with Crippen LogP contribution >= 0.6 is 0 Å². The maximum atomic E-state index is 12.5. The van der Waals surface area contributed by atoms with E-state index in [0.29, 0.717) is 19.4 Å². The zero-order valence-corrected chi connectivity index (χ0v) is 50.1. The molecule has 0 aromatic heterocycles. The quantitative estimate of drug-likeness (QED) is 0.0320. The fourth-order valence-corrected chi connectivity index (χ4v) is 10.6. The number of hydrogen-bond acceptors (Lipinski definition) is 5. The lowest BCUT2D eigenvalue weighted by molar-refractivity contribution is -0.143. The van der Waals surface area contributed by atoms with Crippen molar-refractivity contribution in [1.29, 1.82) is 0 Å². The Morgan fingerprint density at radius 3 is 0.959 bits per heavy atom. The van der Waals surface area contributed by atoms with Crippen molar-refractivity contribution in [2.75, 3.05) is 13.2 Å². The first kappa shape index (κ1) is 72.3. The van der Waals surface area contributed by atoms with Crippen molar-refractivity contribution in [2.24, 2.45) is 0 Å². The molecule has 6 nitrogen and oxygen atoms in total. The van der Waals surface area contributed by atoms with Crippen LogP contribution in [0.15, 0.2) is 24.3 Å². The Morgan fingerprint density at radius 2 is 0.635 bits per heavy atom. The number of aliphatic hydroxyl groups excluding tert-OH is 2. The van der Waals surface area contributed by atoms with Gasteiger partial charge in [-0.2, -0.15) is 0 Å². The van der Waals surface area contributed by atoms with Crippen LogP contribution in [0, 0.1) is 0 Å². The predicted octanol–water partition coefficient (Wildman–Crippen LogP) is 21.4. The van der Waals surface area contributed by atoms with Gasteiger partial charge in [-0.25, -0.2) is 0 Å². The second-order valence-corrected chi connectivity index (χ2v) is 23.2. The highest BCUT2D eigenvalue weighted by molar-refractivity contribution is 5.76. The minimum absolute atomic E-state index is 0.0175. The third-order valence-corrected chi connectivity index (χ3v) is 15.7. The second-order valence-electron chi connectivity index (χ2n) is 23.2. The molecule has 6 heteroatoms. The summed E-state index contributed by atoms with van der Waals surface area (Å²) in [6.07, 6.45) is 79.6. The Hall–Kier alpha value is -1.66. The second kappa shape index (κ2) is 63.9. The zero-order chi connectivity index (χ0) is 53.6. The average Bonchev–Trinajstić information content (AvgIpc) is 3.40. The van der Waals surface area contributed by atoms with Crippen molar-refractivity contribution in [3.05, 3.63) is 24.3 Å². The van der Waals surface area contributed by atoms with E-state index in [9.17, 15) is 19.8 Å². The largest absolute Gasteiger partial charge is 0.466 e. The van der Waals surface area contributed by atoms with Crippen molar-refractivity contribution in [1.82, 2.24) is 5.32 Å². The number of nitrogens with one attached hydrogen (secondary N) is 1. The van der Waals surface area contributed by atoms with E-state index in [4.69, 9.17) is 4.74 Å². The summed E-state index contributed by atoms with van der Waals surface area (Å²) in [7, 11) is 0. The van der Waals surface area contributed by atoms with Gasteiger partial charge in [0, 0.05) is 12.8 Å². The van der Waals surface area contributed by atoms with E-state index in [2.05, 4.69) is 31.3 Å². The van der Waals surface area contributed by atoms with Crippen molar-refractivity contribution in [2.45, 2.75) is 386 Å². The first-order valence-corrected chi connectivity index (χ1v) is 33.6. The Morgan fingerprint density at radius 1 is 0.365 bits per heavy atom. The fraction of sp³-hybridized carbons (Fsp3) is 0.912. The number of rotatable bonds is 63. The molecule has 0 rings (SSSR count). The van der Waals surface area contributed by atoms with Crippen LogP contribution in [0.3, 0.4) is 0 Å². The van der Waals surface area contributed by atoms with Crippen LogP contribution in [-0.4, -0.2) is 47.4 Å². The minimum atomic E-state index is -0.844. The number of unbranched alkanes of at least 4 members (excludes halogenated alkanes) is 50. The van der Waals surface area contributed by atoms with E-state index in [1.165, 1.54) is 308 Å². The number of allylic oxidation sites excluding steroid dienone is 3. The van der Waals surface area contributed by atoms with Crippen LogP contribution in [0.2, 0.25) is 0 Å². The summed E-state index contributed by atoms with van der Waals surface area (Å²) in [4.78, 5) is 24.5. The highest BCUT2D eigenvalue weighted by Gasteiger charge is 2.18. The van der Waals surface area contributed by atoms with Gasteiger partial charge in [0.1, 0.15) is 0 Å². The molecule has 0 bridgehead atoms. The van der Waals surface area contributed by atoms with E-state index < -0.39 is 12.1 Å². The molecule has 0 aromatic rings. The summed E-state index contributed by atoms with van der Waals surface area (Å²) in [5.74, 6) is -0.0479. The van der Waals surface area contributed by atoms with Crippen LogP contribution in [-0.2, 0) is 14.3 Å². The van der Waals surface area contributed by atoms with Gasteiger partial charge in [0.2, 0.25) is 5.91 Å². The highest BCUT2D eigenvalue weighted by atomic mass is 16.5. The molecule has 0 fully saturated rings. The molecule has 0 aliphatic heterocycles. The topological polar surface area (TPSA) is 95.9 Å². The summed E-state index contributed by atoms with van der Waals surface area (Å²) in [6, 6.07) is -0.627. The molecule has 0 aliphatic carbocycles. The van der Waals surface area contributed by atoms with Gasteiger partial charge in [0.05, 0.1) is 25.4 Å². The standard InChI is InChI=1S/C68H131NO5/c1-3-5-7-9-11-13-15-17-18-33-37-40-44-48-52-56-60-66(71)65(64-70)69-67(72)61-57-53-49-45-41-38-34-31-29-27-25-23-21-19-20-22-24-26-28-30-32-35-39-43-47-51-55-59-63-74-68(73)62-58-54-50-46-42-36-16-14-12-10-8-6-4-2/h19-20,56,60,65-66,70-71H,3-18,21-55,57-59,61-64H2,1-2H3,(H,69,72)/b20-19-,60-56+. The summed E-state index contributed by atoms with van der Waals surface area (Å²) >= 11 is 0. The number of carbonyl (C=O) groups excluding carboxylic acids is 2. The van der Waals surface area contributed by atoms with Crippen LogP contribution in [0.5, 0.6) is 0 Å². The molecule has 2 atom stereocenters. The number of ether oxygens (including phenoxy) is 1. The highest BCUT2D eigenvalue weighted by Crippen LogP contribution is 2.18. The lowest BCUT2D eigenvalue weighted by Gasteiger charge is -2.20. The minimum Gasteiger partial charge on any atom is -0.466 e. The normalized spacial score (nSPS) is 12.6. The smallest absolute Gasteiger partial charge is 0.305 e. The van der Waals surface area contributed by atoms with E-state index in [-0.39, 0.29) is 18.5 Å². The number of amides is 1. The van der Waals surface area contributed by atoms with Crippen molar-refractivity contribution < 1.29 is 24.5 Å². The molecule has 0 heterocycles. The lowest BCUT2D eigenvalue weighted by Crippen LogP contribution is -2.45. The average molecular weight is 1040 g/mol. The number of aliphatic hydroxyl groups is 2. The Kier molecular flexibility index (Phi) is 62.4. The molecule has 3 N–H and O–H groups in total.